The van der Waals surface area contributed by atoms with E-state index in [9.17, 15) is 0 Å². The van der Waals surface area contributed by atoms with E-state index in [1.54, 1.807) is 0 Å². The summed E-state index contributed by atoms with van der Waals surface area (Å²) >= 11 is 0. The summed E-state index contributed by atoms with van der Waals surface area (Å²) in [6.45, 7) is 0. The first kappa shape index (κ1) is 33.6. The van der Waals surface area contributed by atoms with Crippen molar-refractivity contribution in [3.8, 4) is 61.3 Å². The highest BCUT2D eigenvalue weighted by atomic mass is 16.1. The Kier molecular flexibility index (Phi) is 7.97. The number of para-hydroxylation sites is 2. The first-order valence-electron chi connectivity index (χ1n) is 19.7. The molecule has 0 bridgehead atoms. The zero-order valence-corrected chi connectivity index (χ0v) is 31.6. The Labute approximate surface area is 337 Å². The van der Waals surface area contributed by atoms with E-state index < -0.39 is 0 Å². The average Bonchev–Trinajstić information content (AvgIpc) is 3.30. The van der Waals surface area contributed by atoms with Gasteiger partial charge in [-0.05, 0) is 87.3 Å². The number of aromatic nitrogens is 1. The molecule has 2 heterocycles. The highest BCUT2D eigenvalue weighted by molar-refractivity contribution is 6.13. The molecular formula is C55H36N2O. The molecule has 0 amide bonds. The van der Waals surface area contributed by atoms with Crippen LogP contribution in [0, 0.1) is 0 Å². The summed E-state index contributed by atoms with van der Waals surface area (Å²) < 4.78 is 1.98. The van der Waals surface area contributed by atoms with Crippen LogP contribution in [0.2, 0.25) is 0 Å². The van der Waals surface area contributed by atoms with Crippen LogP contribution in [0.1, 0.15) is 0 Å². The van der Waals surface area contributed by atoms with Crippen LogP contribution in [0.3, 0.4) is 0 Å². The standard InChI is InChI=1S/C55H36N2O/c58-55-48-23-11-10-21-44(48)46-24-14-25-47-50-36-42(39-19-8-3-9-20-39)30-34-53(50)56(43-31-27-40(28-32-43)37-15-4-1-5-16-37)52-33-29-41(38-17-6-2-7-18-38)35-49(52)45-22-12-13-26-51(45)57(55)54(46)47/h1-36H. The lowest BCUT2D eigenvalue weighted by molar-refractivity contribution is 1.06. The van der Waals surface area contributed by atoms with Gasteiger partial charge >= 0.3 is 0 Å². The van der Waals surface area contributed by atoms with Crippen LogP contribution < -0.4 is 10.5 Å². The van der Waals surface area contributed by atoms with Crippen molar-refractivity contribution in [3.63, 3.8) is 0 Å². The molecule has 1 aliphatic heterocycles. The molecule has 9 aromatic carbocycles. The van der Waals surface area contributed by atoms with Crippen molar-refractivity contribution in [1.29, 1.82) is 0 Å². The molecule has 0 fully saturated rings. The number of pyridine rings is 1. The fraction of sp³-hybridized carbons (Fsp3) is 0. The van der Waals surface area contributed by atoms with Crippen molar-refractivity contribution in [2.45, 2.75) is 0 Å². The van der Waals surface area contributed by atoms with Crippen LogP contribution >= 0.6 is 0 Å². The Morgan fingerprint density at radius 3 is 1.36 bits per heavy atom. The molecule has 3 heteroatoms. The number of rotatable bonds is 4. The highest BCUT2D eigenvalue weighted by Gasteiger charge is 2.27. The molecule has 0 aliphatic carbocycles. The maximum absolute atomic E-state index is 15.2. The van der Waals surface area contributed by atoms with E-state index >= 15 is 4.79 Å². The predicted octanol–water partition coefficient (Wildman–Crippen LogP) is 14.3. The van der Waals surface area contributed by atoms with E-state index in [1.807, 2.05) is 28.8 Å². The fourth-order valence-corrected chi connectivity index (χ4v) is 8.83. The largest absolute Gasteiger partial charge is 0.309 e. The number of hydrogen-bond acceptors (Lipinski definition) is 2. The van der Waals surface area contributed by atoms with Crippen LogP contribution in [0.5, 0.6) is 0 Å². The summed E-state index contributed by atoms with van der Waals surface area (Å²) in [5.74, 6) is 0. The van der Waals surface area contributed by atoms with Crippen molar-refractivity contribution in [2.24, 2.45) is 0 Å². The van der Waals surface area contributed by atoms with Gasteiger partial charge in [0.1, 0.15) is 0 Å². The number of benzene rings is 9. The second-order valence-electron chi connectivity index (χ2n) is 14.8. The van der Waals surface area contributed by atoms with Gasteiger partial charge in [-0.1, -0.05) is 170 Å². The molecular weight excluding hydrogens is 705 g/mol. The quantitative estimate of drug-likeness (QED) is 0.168. The van der Waals surface area contributed by atoms with E-state index in [2.05, 4.69) is 199 Å². The molecule has 10 aromatic rings. The van der Waals surface area contributed by atoms with Gasteiger partial charge in [-0.3, -0.25) is 9.36 Å². The number of hydrogen-bond donors (Lipinski definition) is 0. The van der Waals surface area contributed by atoms with Crippen LogP contribution in [0.25, 0.3) is 83.0 Å². The molecule has 0 atom stereocenters. The minimum atomic E-state index is -0.0431. The molecule has 272 valence electrons. The third kappa shape index (κ3) is 5.48. The zero-order chi connectivity index (χ0) is 38.6. The van der Waals surface area contributed by atoms with Gasteiger partial charge in [0.05, 0.1) is 22.6 Å². The predicted molar refractivity (Wildman–Crippen MR) is 242 cm³/mol. The second-order valence-corrected chi connectivity index (χ2v) is 14.8. The first-order valence-corrected chi connectivity index (χ1v) is 19.7. The topological polar surface area (TPSA) is 25.2 Å². The first-order chi connectivity index (χ1) is 28.7. The van der Waals surface area contributed by atoms with Crippen molar-refractivity contribution in [3.05, 3.63) is 229 Å². The maximum atomic E-state index is 15.2. The third-order valence-electron chi connectivity index (χ3n) is 11.6. The third-order valence-corrected chi connectivity index (χ3v) is 11.6. The van der Waals surface area contributed by atoms with Crippen molar-refractivity contribution in [1.82, 2.24) is 4.57 Å². The highest BCUT2D eigenvalue weighted by Crippen LogP contribution is 2.50. The van der Waals surface area contributed by atoms with Gasteiger partial charge < -0.3 is 4.90 Å². The van der Waals surface area contributed by atoms with Gasteiger partial charge in [-0.15, -0.1) is 0 Å². The van der Waals surface area contributed by atoms with E-state index in [4.69, 9.17) is 0 Å². The summed E-state index contributed by atoms with van der Waals surface area (Å²) in [7, 11) is 0. The zero-order valence-electron chi connectivity index (χ0n) is 31.6. The van der Waals surface area contributed by atoms with Crippen molar-refractivity contribution >= 4 is 38.7 Å². The van der Waals surface area contributed by atoms with E-state index in [0.717, 1.165) is 89.1 Å². The van der Waals surface area contributed by atoms with Gasteiger partial charge in [-0.2, -0.15) is 0 Å². The summed E-state index contributed by atoms with van der Waals surface area (Å²) in [5.41, 5.74) is 15.5. The number of anilines is 3. The maximum Gasteiger partial charge on any atom is 0.263 e. The Hall–Kier alpha value is -7.75. The van der Waals surface area contributed by atoms with E-state index in [-0.39, 0.29) is 5.56 Å². The smallest absolute Gasteiger partial charge is 0.263 e. The molecule has 58 heavy (non-hydrogen) atoms. The van der Waals surface area contributed by atoms with Gasteiger partial charge in [0, 0.05) is 38.7 Å². The molecule has 0 unspecified atom stereocenters. The lowest BCUT2D eigenvalue weighted by atomic mass is 9.90. The van der Waals surface area contributed by atoms with Crippen LogP contribution in [0.4, 0.5) is 17.1 Å². The summed E-state index contributed by atoms with van der Waals surface area (Å²) in [6, 6.07) is 76.9. The fourth-order valence-electron chi connectivity index (χ4n) is 8.83. The molecule has 0 N–H and O–H groups in total. The Morgan fingerprint density at radius 1 is 0.293 bits per heavy atom. The monoisotopic (exact) mass is 740 g/mol. The van der Waals surface area contributed by atoms with E-state index in [0.29, 0.717) is 5.39 Å². The molecule has 0 saturated heterocycles. The Balaban J connectivity index is 1.31. The van der Waals surface area contributed by atoms with Crippen LogP contribution in [-0.2, 0) is 0 Å². The van der Waals surface area contributed by atoms with Crippen LogP contribution in [-0.4, -0.2) is 4.57 Å². The lowest BCUT2D eigenvalue weighted by Crippen LogP contribution is -2.21. The summed E-state index contributed by atoms with van der Waals surface area (Å²) in [6.07, 6.45) is 0. The SMILES string of the molecule is O=c1c2ccccc2c2cccc3c2n1-c1ccccc1-c1cc(-c2ccccc2)ccc1N(c1ccc(-c2ccccc2)cc1)c1ccc(-c2ccccc2)cc1-3. The number of nitrogens with zero attached hydrogens (tertiary/aromatic N) is 2. The molecule has 11 rings (SSSR count). The van der Waals surface area contributed by atoms with Crippen molar-refractivity contribution in [2.75, 3.05) is 4.90 Å². The Bertz CT molecular complexity index is 3220. The second kappa shape index (κ2) is 13.8. The molecule has 1 aliphatic rings. The molecule has 0 spiro atoms. The van der Waals surface area contributed by atoms with Gasteiger partial charge in [-0.25, -0.2) is 0 Å². The molecule has 0 saturated carbocycles. The molecule has 3 nitrogen and oxygen atoms in total. The summed E-state index contributed by atoms with van der Waals surface area (Å²) in [5, 5.41) is 2.66. The minimum Gasteiger partial charge on any atom is -0.309 e. The van der Waals surface area contributed by atoms with Gasteiger partial charge in [0.2, 0.25) is 0 Å². The summed E-state index contributed by atoms with van der Waals surface area (Å²) in [4.78, 5) is 17.6. The molecule has 0 radical (unpaired) electrons. The van der Waals surface area contributed by atoms with E-state index in [1.165, 1.54) is 5.56 Å². The normalized spacial score (nSPS) is 11.8. The average molecular weight is 741 g/mol. The number of fused-ring (bicyclic) bond motifs is 8. The Morgan fingerprint density at radius 2 is 0.741 bits per heavy atom. The van der Waals surface area contributed by atoms with Crippen LogP contribution in [0.15, 0.2) is 223 Å². The van der Waals surface area contributed by atoms with Crippen molar-refractivity contribution < 1.29 is 0 Å². The van der Waals surface area contributed by atoms with Gasteiger partial charge in [0.25, 0.3) is 5.56 Å². The molecule has 1 aromatic heterocycles. The van der Waals surface area contributed by atoms with Gasteiger partial charge in [0.15, 0.2) is 0 Å². The lowest BCUT2D eigenvalue weighted by Gasteiger charge is -2.32. The minimum absolute atomic E-state index is 0.0431.